The van der Waals surface area contributed by atoms with E-state index >= 15 is 0 Å². The maximum atomic E-state index is 11.5. The number of anilines is 1. The van der Waals surface area contributed by atoms with Gasteiger partial charge in [-0.3, -0.25) is 4.79 Å². The van der Waals surface area contributed by atoms with Crippen LogP contribution in [0.2, 0.25) is 0 Å². The molecule has 0 bridgehead atoms. The Labute approximate surface area is 87.2 Å². The normalized spacial score (nSPS) is 18.3. The van der Waals surface area contributed by atoms with E-state index in [0.29, 0.717) is 11.3 Å². The molecule has 0 aliphatic carbocycles. The molecule has 1 amide bonds. The highest BCUT2D eigenvalue weighted by Crippen LogP contribution is 2.34. The van der Waals surface area contributed by atoms with Crippen LogP contribution < -0.4 is 5.32 Å². The van der Waals surface area contributed by atoms with Crippen LogP contribution in [0.1, 0.15) is 35.9 Å². The van der Waals surface area contributed by atoms with Crippen molar-refractivity contribution in [1.29, 1.82) is 0 Å². The highest BCUT2D eigenvalue weighted by atomic mass is 16.5. The molecular weight excluding hydrogens is 194 g/mol. The van der Waals surface area contributed by atoms with Gasteiger partial charge in [0, 0.05) is 12.5 Å². The molecule has 78 valence electrons. The summed E-state index contributed by atoms with van der Waals surface area (Å²) in [4.78, 5) is 22.4. The molecular formula is C11H11NO3. The zero-order chi connectivity index (χ0) is 11.0. The first-order valence-electron chi connectivity index (χ1n) is 4.71. The first-order chi connectivity index (χ1) is 7.09. The molecule has 0 saturated carbocycles. The Kier molecular flexibility index (Phi) is 2.19. The first kappa shape index (κ1) is 9.71. The fourth-order valence-corrected chi connectivity index (χ4v) is 1.71. The van der Waals surface area contributed by atoms with E-state index in [-0.39, 0.29) is 18.0 Å². The van der Waals surface area contributed by atoms with E-state index in [4.69, 9.17) is 4.74 Å². The molecule has 15 heavy (non-hydrogen) atoms. The molecule has 4 heteroatoms. The number of carbonyl (C=O) groups excluding carboxylic acids is 2. The highest BCUT2D eigenvalue weighted by molar-refractivity contribution is 6.03. The fourth-order valence-electron chi connectivity index (χ4n) is 1.71. The Balaban J connectivity index is 2.50. The number of ether oxygens (including phenoxy) is 1. The average molecular weight is 205 g/mol. The lowest BCUT2D eigenvalue weighted by Gasteiger charge is -2.05. The Morgan fingerprint density at radius 2 is 2.20 bits per heavy atom. The van der Waals surface area contributed by atoms with Gasteiger partial charge in [0.05, 0.1) is 11.3 Å². The topological polar surface area (TPSA) is 55.4 Å². The van der Waals surface area contributed by atoms with Gasteiger partial charge >= 0.3 is 5.97 Å². The summed E-state index contributed by atoms with van der Waals surface area (Å²) < 4.78 is 5.06. The zero-order valence-corrected chi connectivity index (χ0v) is 8.53. The van der Waals surface area contributed by atoms with Crippen molar-refractivity contribution in [2.45, 2.75) is 20.0 Å². The molecule has 4 nitrogen and oxygen atoms in total. The van der Waals surface area contributed by atoms with Crippen LogP contribution in [-0.2, 0) is 9.53 Å². The van der Waals surface area contributed by atoms with Crippen molar-refractivity contribution in [2.24, 2.45) is 0 Å². The number of nitrogens with one attached hydrogen (secondary N) is 1. The van der Waals surface area contributed by atoms with E-state index in [1.165, 1.54) is 6.92 Å². The minimum atomic E-state index is -0.373. The minimum Gasteiger partial charge on any atom is -0.454 e. The smallest absolute Gasteiger partial charge is 0.341 e. The van der Waals surface area contributed by atoms with E-state index in [9.17, 15) is 9.59 Å². The third-order valence-electron chi connectivity index (χ3n) is 2.33. The van der Waals surface area contributed by atoms with Crippen molar-refractivity contribution in [3.05, 3.63) is 29.3 Å². The van der Waals surface area contributed by atoms with Crippen LogP contribution in [0.15, 0.2) is 18.2 Å². The number of hydrogen-bond donors (Lipinski definition) is 1. The van der Waals surface area contributed by atoms with Crippen LogP contribution in [-0.4, -0.2) is 11.9 Å². The van der Waals surface area contributed by atoms with Crippen molar-refractivity contribution in [1.82, 2.24) is 0 Å². The second-order valence-electron chi connectivity index (χ2n) is 3.50. The monoisotopic (exact) mass is 205 g/mol. The number of amides is 1. The van der Waals surface area contributed by atoms with Crippen molar-refractivity contribution in [3.63, 3.8) is 0 Å². The number of carbonyl (C=O) groups is 2. The van der Waals surface area contributed by atoms with E-state index < -0.39 is 0 Å². The average Bonchev–Trinajstić information content (AvgIpc) is 2.43. The summed E-state index contributed by atoms with van der Waals surface area (Å²) in [7, 11) is 0. The molecule has 1 aromatic carbocycles. The molecule has 0 fully saturated rings. The zero-order valence-electron chi connectivity index (χ0n) is 8.53. The van der Waals surface area contributed by atoms with E-state index in [1.807, 2.05) is 6.07 Å². The van der Waals surface area contributed by atoms with Crippen LogP contribution in [0.5, 0.6) is 0 Å². The lowest BCUT2D eigenvalue weighted by Crippen LogP contribution is -2.09. The van der Waals surface area contributed by atoms with Gasteiger partial charge in [-0.15, -0.1) is 0 Å². The SMILES string of the molecule is CC(=O)Nc1cccc2c1C(=O)OC2C. The van der Waals surface area contributed by atoms with Gasteiger partial charge < -0.3 is 10.1 Å². The summed E-state index contributed by atoms with van der Waals surface area (Å²) >= 11 is 0. The molecule has 1 aliphatic heterocycles. The second kappa shape index (κ2) is 3.38. The summed E-state index contributed by atoms with van der Waals surface area (Å²) in [5.41, 5.74) is 1.82. The van der Waals surface area contributed by atoms with Gasteiger partial charge in [-0.2, -0.15) is 0 Å². The van der Waals surface area contributed by atoms with Gasteiger partial charge in [0.1, 0.15) is 6.10 Å². The number of rotatable bonds is 1. The Bertz CT molecular complexity index is 439. The highest BCUT2D eigenvalue weighted by Gasteiger charge is 2.30. The van der Waals surface area contributed by atoms with Crippen LogP contribution in [0, 0.1) is 0 Å². The predicted molar refractivity (Wildman–Crippen MR) is 54.6 cm³/mol. The fraction of sp³-hybridized carbons (Fsp3) is 0.273. The largest absolute Gasteiger partial charge is 0.454 e. The van der Waals surface area contributed by atoms with Gasteiger partial charge in [-0.25, -0.2) is 4.79 Å². The number of hydrogen-bond acceptors (Lipinski definition) is 3. The molecule has 1 heterocycles. The summed E-state index contributed by atoms with van der Waals surface area (Å²) in [5.74, 6) is -0.572. The van der Waals surface area contributed by atoms with Crippen LogP contribution in [0.25, 0.3) is 0 Å². The van der Waals surface area contributed by atoms with Gasteiger partial charge in [0.25, 0.3) is 0 Å². The maximum absolute atomic E-state index is 11.5. The molecule has 1 atom stereocenters. The van der Waals surface area contributed by atoms with E-state index in [1.54, 1.807) is 19.1 Å². The number of cyclic esters (lactones) is 1. The van der Waals surface area contributed by atoms with E-state index in [2.05, 4.69) is 5.32 Å². The molecule has 0 radical (unpaired) electrons. The lowest BCUT2D eigenvalue weighted by atomic mass is 10.0. The summed E-state index contributed by atoms with van der Waals surface area (Å²) in [6, 6.07) is 5.32. The van der Waals surface area contributed by atoms with Crippen molar-refractivity contribution in [3.8, 4) is 0 Å². The molecule has 0 aromatic heterocycles. The van der Waals surface area contributed by atoms with Gasteiger partial charge in [0.15, 0.2) is 0 Å². The van der Waals surface area contributed by atoms with Gasteiger partial charge in [0.2, 0.25) is 5.91 Å². The molecule has 2 rings (SSSR count). The summed E-state index contributed by atoms with van der Waals surface area (Å²) in [6.45, 7) is 3.21. The molecule has 1 N–H and O–H groups in total. The van der Waals surface area contributed by atoms with Gasteiger partial charge in [-0.05, 0) is 13.0 Å². The standard InChI is InChI=1S/C11H11NO3/c1-6-8-4-3-5-9(12-7(2)13)10(8)11(14)15-6/h3-6H,1-2H3,(H,12,13). The number of fused-ring (bicyclic) bond motifs is 1. The molecule has 1 aliphatic rings. The molecule has 1 unspecified atom stereocenters. The molecule has 0 saturated heterocycles. The number of benzene rings is 1. The Morgan fingerprint density at radius 1 is 1.47 bits per heavy atom. The van der Waals surface area contributed by atoms with Crippen molar-refractivity contribution < 1.29 is 14.3 Å². The van der Waals surface area contributed by atoms with Crippen LogP contribution in [0.3, 0.4) is 0 Å². The minimum absolute atomic E-state index is 0.198. The lowest BCUT2D eigenvalue weighted by molar-refractivity contribution is -0.114. The third-order valence-corrected chi connectivity index (χ3v) is 2.33. The number of esters is 1. The van der Waals surface area contributed by atoms with Crippen molar-refractivity contribution in [2.75, 3.05) is 5.32 Å². The van der Waals surface area contributed by atoms with E-state index in [0.717, 1.165) is 5.56 Å². The third kappa shape index (κ3) is 1.58. The Hall–Kier alpha value is -1.84. The maximum Gasteiger partial charge on any atom is 0.341 e. The quantitative estimate of drug-likeness (QED) is 0.712. The summed E-state index contributed by atoms with van der Waals surface area (Å²) in [6.07, 6.45) is -0.235. The van der Waals surface area contributed by atoms with Crippen molar-refractivity contribution >= 4 is 17.6 Å². The second-order valence-corrected chi connectivity index (χ2v) is 3.50. The van der Waals surface area contributed by atoms with Crippen LogP contribution >= 0.6 is 0 Å². The predicted octanol–water partition coefficient (Wildman–Crippen LogP) is 1.88. The van der Waals surface area contributed by atoms with Crippen LogP contribution in [0.4, 0.5) is 5.69 Å². The van der Waals surface area contributed by atoms with Gasteiger partial charge in [-0.1, -0.05) is 12.1 Å². The first-order valence-corrected chi connectivity index (χ1v) is 4.71. The molecule has 0 spiro atoms. The molecule has 1 aromatic rings. The summed E-state index contributed by atoms with van der Waals surface area (Å²) in [5, 5.41) is 2.62. The Morgan fingerprint density at radius 3 is 2.87 bits per heavy atom.